The van der Waals surface area contributed by atoms with E-state index in [9.17, 15) is 9.59 Å². The minimum atomic E-state index is -1.05. The fourth-order valence-corrected chi connectivity index (χ4v) is 3.16. The van der Waals surface area contributed by atoms with Gasteiger partial charge in [0.2, 0.25) is 0 Å². The second-order valence-corrected chi connectivity index (χ2v) is 6.30. The van der Waals surface area contributed by atoms with E-state index in [0.717, 1.165) is 28.0 Å². The maximum atomic E-state index is 11.9. The zero-order valence-corrected chi connectivity index (χ0v) is 14.2. The van der Waals surface area contributed by atoms with E-state index in [2.05, 4.69) is 10.3 Å². The molecular formula is C16H18N2O4S. The maximum absolute atomic E-state index is 11.9. The van der Waals surface area contributed by atoms with E-state index in [0.29, 0.717) is 11.4 Å². The second kappa shape index (κ2) is 6.78. The number of aromatic carboxylic acids is 1. The van der Waals surface area contributed by atoms with Crippen molar-refractivity contribution in [1.82, 2.24) is 4.98 Å². The Hall–Kier alpha value is -2.41. The van der Waals surface area contributed by atoms with Crippen molar-refractivity contribution in [3.63, 3.8) is 0 Å². The number of aromatic nitrogens is 1. The second-order valence-electron chi connectivity index (χ2n) is 5.30. The van der Waals surface area contributed by atoms with Gasteiger partial charge in [0.15, 0.2) is 11.7 Å². The Bertz CT molecular complexity index is 744. The Morgan fingerprint density at radius 2 is 1.83 bits per heavy atom. The summed E-state index contributed by atoms with van der Waals surface area (Å²) >= 11 is 0.928. The first-order chi connectivity index (χ1) is 10.8. The van der Waals surface area contributed by atoms with E-state index in [1.54, 1.807) is 6.92 Å². The van der Waals surface area contributed by atoms with Gasteiger partial charge in [-0.3, -0.25) is 10.1 Å². The standard InChI is InChI=1S/C16H18N2O4S/c1-8-5-9(2)13(10(3)6-8)22-7-12(19)18-16-17-11(4)14(23-16)15(20)21/h5-6H,7H2,1-4H3,(H,20,21)(H,17,18,19). The van der Waals surface area contributed by atoms with Crippen molar-refractivity contribution in [2.75, 3.05) is 11.9 Å². The molecule has 0 bridgehead atoms. The summed E-state index contributed by atoms with van der Waals surface area (Å²) < 4.78 is 5.59. The number of thiazole rings is 1. The van der Waals surface area contributed by atoms with Gasteiger partial charge in [0.1, 0.15) is 10.6 Å². The van der Waals surface area contributed by atoms with E-state index in [1.807, 2.05) is 32.9 Å². The van der Waals surface area contributed by atoms with Crippen LogP contribution >= 0.6 is 11.3 Å². The lowest BCUT2D eigenvalue weighted by molar-refractivity contribution is -0.118. The molecule has 0 aliphatic rings. The highest BCUT2D eigenvalue weighted by molar-refractivity contribution is 7.17. The van der Waals surface area contributed by atoms with Crippen LogP contribution in [-0.2, 0) is 4.79 Å². The van der Waals surface area contributed by atoms with Crippen LogP contribution in [0.1, 0.15) is 32.1 Å². The number of rotatable bonds is 5. The molecule has 0 aliphatic heterocycles. The molecule has 1 heterocycles. The number of aryl methyl sites for hydroxylation is 4. The number of nitrogens with one attached hydrogen (secondary N) is 1. The SMILES string of the molecule is Cc1cc(C)c(OCC(=O)Nc2nc(C)c(C(=O)O)s2)c(C)c1. The maximum Gasteiger partial charge on any atom is 0.347 e. The summed E-state index contributed by atoms with van der Waals surface area (Å²) in [6.07, 6.45) is 0. The van der Waals surface area contributed by atoms with Crippen molar-refractivity contribution in [2.24, 2.45) is 0 Å². The Kier molecular flexibility index (Phi) is 5.00. The van der Waals surface area contributed by atoms with E-state index in [1.165, 1.54) is 0 Å². The molecule has 0 radical (unpaired) electrons. The third-order valence-electron chi connectivity index (χ3n) is 3.19. The Labute approximate surface area is 138 Å². The van der Waals surface area contributed by atoms with Gasteiger partial charge in [-0.05, 0) is 38.8 Å². The molecule has 122 valence electrons. The molecule has 0 unspecified atom stereocenters. The van der Waals surface area contributed by atoms with Gasteiger partial charge in [0, 0.05) is 0 Å². The molecule has 2 rings (SSSR count). The quantitative estimate of drug-likeness (QED) is 0.877. The number of carbonyl (C=O) groups excluding carboxylic acids is 1. The van der Waals surface area contributed by atoms with Crippen LogP contribution in [0.5, 0.6) is 5.75 Å². The smallest absolute Gasteiger partial charge is 0.347 e. The van der Waals surface area contributed by atoms with E-state index < -0.39 is 5.97 Å². The van der Waals surface area contributed by atoms with Crippen molar-refractivity contribution in [2.45, 2.75) is 27.7 Å². The van der Waals surface area contributed by atoms with Crippen LogP contribution in [0, 0.1) is 27.7 Å². The van der Waals surface area contributed by atoms with Crippen molar-refractivity contribution in [1.29, 1.82) is 0 Å². The van der Waals surface area contributed by atoms with Gasteiger partial charge in [-0.1, -0.05) is 29.0 Å². The zero-order valence-electron chi connectivity index (χ0n) is 13.4. The average molecular weight is 334 g/mol. The highest BCUT2D eigenvalue weighted by Gasteiger charge is 2.16. The topological polar surface area (TPSA) is 88.5 Å². The third-order valence-corrected chi connectivity index (χ3v) is 4.25. The Balaban J connectivity index is 2.01. The summed E-state index contributed by atoms with van der Waals surface area (Å²) in [6, 6.07) is 3.98. The minimum absolute atomic E-state index is 0.117. The molecule has 0 aliphatic carbocycles. The summed E-state index contributed by atoms with van der Waals surface area (Å²) in [5, 5.41) is 11.8. The van der Waals surface area contributed by atoms with Crippen molar-refractivity contribution >= 4 is 28.3 Å². The summed E-state index contributed by atoms with van der Waals surface area (Å²) in [5.41, 5.74) is 3.45. The van der Waals surface area contributed by atoms with Gasteiger partial charge in [0.25, 0.3) is 5.91 Å². The first-order valence-corrected chi connectivity index (χ1v) is 7.80. The molecule has 0 spiro atoms. The minimum Gasteiger partial charge on any atom is -0.483 e. The van der Waals surface area contributed by atoms with E-state index >= 15 is 0 Å². The molecule has 0 saturated carbocycles. The normalized spacial score (nSPS) is 10.4. The molecule has 23 heavy (non-hydrogen) atoms. The molecule has 7 heteroatoms. The first-order valence-electron chi connectivity index (χ1n) is 6.99. The Morgan fingerprint density at radius 1 is 1.22 bits per heavy atom. The van der Waals surface area contributed by atoms with Gasteiger partial charge >= 0.3 is 5.97 Å². The lowest BCUT2D eigenvalue weighted by Gasteiger charge is -2.12. The van der Waals surface area contributed by atoms with Crippen LogP contribution in [0.25, 0.3) is 0 Å². The highest BCUT2D eigenvalue weighted by Crippen LogP contribution is 2.25. The summed E-state index contributed by atoms with van der Waals surface area (Å²) in [4.78, 5) is 27.1. The number of anilines is 1. The van der Waals surface area contributed by atoms with Crippen molar-refractivity contribution < 1.29 is 19.4 Å². The van der Waals surface area contributed by atoms with E-state index in [-0.39, 0.29) is 22.5 Å². The fourth-order valence-electron chi connectivity index (χ4n) is 2.34. The number of nitrogens with zero attached hydrogens (tertiary/aromatic N) is 1. The molecule has 0 saturated heterocycles. The summed E-state index contributed by atoms with van der Waals surface area (Å²) in [5.74, 6) is -0.745. The predicted octanol–water partition coefficient (Wildman–Crippen LogP) is 3.09. The van der Waals surface area contributed by atoms with Gasteiger partial charge in [-0.25, -0.2) is 9.78 Å². The van der Waals surface area contributed by atoms with Crippen LogP contribution in [0.4, 0.5) is 5.13 Å². The monoisotopic (exact) mass is 334 g/mol. The zero-order chi connectivity index (χ0) is 17.1. The van der Waals surface area contributed by atoms with Crippen LogP contribution in [-0.4, -0.2) is 28.6 Å². The summed E-state index contributed by atoms with van der Waals surface area (Å²) in [6.45, 7) is 7.28. The fraction of sp³-hybridized carbons (Fsp3) is 0.312. The molecule has 1 amide bonds. The molecule has 1 aromatic heterocycles. The number of carboxylic acids is 1. The number of carbonyl (C=O) groups is 2. The van der Waals surface area contributed by atoms with Crippen LogP contribution in [0.3, 0.4) is 0 Å². The lowest BCUT2D eigenvalue weighted by Crippen LogP contribution is -2.20. The predicted molar refractivity (Wildman–Crippen MR) is 88.6 cm³/mol. The number of amides is 1. The molecular weight excluding hydrogens is 316 g/mol. The Morgan fingerprint density at radius 3 is 2.35 bits per heavy atom. The molecule has 0 atom stereocenters. The van der Waals surface area contributed by atoms with Crippen LogP contribution in [0.2, 0.25) is 0 Å². The number of ether oxygens (including phenoxy) is 1. The van der Waals surface area contributed by atoms with Gasteiger partial charge < -0.3 is 9.84 Å². The number of benzene rings is 1. The van der Waals surface area contributed by atoms with Crippen LogP contribution in [0.15, 0.2) is 12.1 Å². The van der Waals surface area contributed by atoms with Gasteiger partial charge in [-0.15, -0.1) is 0 Å². The number of hydrogen-bond donors (Lipinski definition) is 2. The summed E-state index contributed by atoms with van der Waals surface area (Å²) in [7, 11) is 0. The van der Waals surface area contributed by atoms with Crippen LogP contribution < -0.4 is 10.1 Å². The van der Waals surface area contributed by atoms with Gasteiger partial charge in [0.05, 0.1) is 5.69 Å². The highest BCUT2D eigenvalue weighted by atomic mass is 32.1. The number of hydrogen-bond acceptors (Lipinski definition) is 5. The van der Waals surface area contributed by atoms with Crippen molar-refractivity contribution in [3.8, 4) is 5.75 Å². The van der Waals surface area contributed by atoms with E-state index in [4.69, 9.17) is 9.84 Å². The molecule has 2 N–H and O–H groups in total. The third kappa shape index (κ3) is 4.07. The molecule has 2 aromatic rings. The average Bonchev–Trinajstić information content (AvgIpc) is 2.78. The van der Waals surface area contributed by atoms with Crippen molar-refractivity contribution in [3.05, 3.63) is 39.4 Å². The first kappa shape index (κ1) is 17.0. The molecule has 1 aromatic carbocycles. The molecule has 6 nitrogen and oxygen atoms in total. The molecule has 0 fully saturated rings. The number of carboxylic acid groups (broad SMARTS) is 1. The lowest BCUT2D eigenvalue weighted by atomic mass is 10.1. The van der Waals surface area contributed by atoms with Gasteiger partial charge in [-0.2, -0.15) is 0 Å². The largest absolute Gasteiger partial charge is 0.483 e.